The Morgan fingerprint density at radius 2 is 2.07 bits per heavy atom. The molecule has 0 bridgehead atoms. The summed E-state index contributed by atoms with van der Waals surface area (Å²) in [6, 6.07) is 5.77. The number of carbonyl (C=O) groups is 1. The highest BCUT2D eigenvalue weighted by atomic mass is 16.5. The van der Waals surface area contributed by atoms with Gasteiger partial charge in [0.15, 0.2) is 0 Å². The minimum Gasteiger partial charge on any atom is -0.376 e. The molecule has 7 nitrogen and oxygen atoms in total. The molecule has 0 radical (unpaired) electrons. The van der Waals surface area contributed by atoms with Crippen LogP contribution in [-0.4, -0.2) is 58.1 Å². The summed E-state index contributed by atoms with van der Waals surface area (Å²) in [5, 5.41) is 0. The van der Waals surface area contributed by atoms with Crippen molar-refractivity contribution >= 4 is 11.9 Å². The molecule has 2 fully saturated rings. The number of hydrogen-bond acceptors (Lipinski definition) is 6. The summed E-state index contributed by atoms with van der Waals surface area (Å²) in [5.41, 5.74) is 2.14. The molecule has 4 heterocycles. The third-order valence-electron chi connectivity index (χ3n) is 5.65. The monoisotopic (exact) mass is 395 g/mol. The highest BCUT2D eigenvalue weighted by Crippen LogP contribution is 2.20. The van der Waals surface area contributed by atoms with Crippen LogP contribution in [0.4, 0.5) is 5.95 Å². The van der Waals surface area contributed by atoms with E-state index in [1.807, 2.05) is 30.0 Å². The quantitative estimate of drug-likeness (QED) is 0.749. The van der Waals surface area contributed by atoms with Crippen LogP contribution in [0.15, 0.2) is 30.6 Å². The second-order valence-electron chi connectivity index (χ2n) is 7.86. The van der Waals surface area contributed by atoms with E-state index in [4.69, 9.17) is 4.74 Å². The number of nitrogens with zero attached hydrogens (tertiary/aromatic N) is 5. The van der Waals surface area contributed by atoms with E-state index in [-0.39, 0.29) is 12.0 Å². The van der Waals surface area contributed by atoms with Crippen LogP contribution in [0.3, 0.4) is 0 Å². The van der Waals surface area contributed by atoms with Crippen molar-refractivity contribution in [1.82, 2.24) is 19.9 Å². The van der Waals surface area contributed by atoms with Crippen molar-refractivity contribution in [2.45, 2.75) is 51.7 Å². The number of carbonyl (C=O) groups excluding carboxylic acids is 1. The van der Waals surface area contributed by atoms with Gasteiger partial charge in [-0.05, 0) is 51.2 Å². The number of aryl methyl sites for hydroxylation is 1. The van der Waals surface area contributed by atoms with Gasteiger partial charge in [-0.2, -0.15) is 0 Å². The smallest absolute Gasteiger partial charge is 0.257 e. The molecule has 2 aromatic heterocycles. The molecule has 1 atom stereocenters. The van der Waals surface area contributed by atoms with Crippen LogP contribution in [0, 0.1) is 6.92 Å². The minimum absolute atomic E-state index is 0.0613. The number of amides is 1. The molecule has 2 aliphatic rings. The van der Waals surface area contributed by atoms with E-state index in [2.05, 4.69) is 19.9 Å². The molecule has 2 aromatic rings. The fraction of sp³-hybridized carbons (Fsp3) is 0.545. The molecule has 29 heavy (non-hydrogen) atoms. The zero-order valence-electron chi connectivity index (χ0n) is 17.1. The van der Waals surface area contributed by atoms with Gasteiger partial charge in [0.2, 0.25) is 5.95 Å². The first-order valence-corrected chi connectivity index (χ1v) is 10.6. The number of anilines is 1. The fourth-order valence-electron chi connectivity index (χ4n) is 4.02. The van der Waals surface area contributed by atoms with Crippen LogP contribution in [0.2, 0.25) is 0 Å². The van der Waals surface area contributed by atoms with Crippen LogP contribution < -0.4 is 4.90 Å². The summed E-state index contributed by atoms with van der Waals surface area (Å²) in [7, 11) is 0. The van der Waals surface area contributed by atoms with Gasteiger partial charge in [-0.25, -0.2) is 9.97 Å². The van der Waals surface area contributed by atoms with Crippen molar-refractivity contribution in [2.24, 2.45) is 0 Å². The average Bonchev–Trinajstić information content (AvgIpc) is 3.27. The molecule has 0 saturated carbocycles. The maximum atomic E-state index is 13.4. The van der Waals surface area contributed by atoms with Crippen molar-refractivity contribution in [2.75, 3.05) is 31.1 Å². The van der Waals surface area contributed by atoms with Gasteiger partial charge in [-0.3, -0.25) is 9.78 Å². The zero-order chi connectivity index (χ0) is 20.1. The van der Waals surface area contributed by atoms with Crippen LogP contribution in [-0.2, 0) is 11.3 Å². The SMILES string of the molecule is Cc1nc(N2CCCCC2)ncc1C(=O)N(Cc1ccccn1)C[C@@H]1CCCO1. The van der Waals surface area contributed by atoms with Crippen molar-refractivity contribution in [3.8, 4) is 0 Å². The number of piperidine rings is 1. The predicted molar refractivity (Wildman–Crippen MR) is 111 cm³/mol. The summed E-state index contributed by atoms with van der Waals surface area (Å²) in [6.45, 7) is 5.64. The number of hydrogen-bond donors (Lipinski definition) is 0. The van der Waals surface area contributed by atoms with E-state index in [9.17, 15) is 4.79 Å². The first-order chi connectivity index (χ1) is 14.2. The first kappa shape index (κ1) is 19.8. The number of pyridine rings is 1. The Bertz CT molecular complexity index is 817. The minimum atomic E-state index is -0.0613. The van der Waals surface area contributed by atoms with E-state index in [1.165, 1.54) is 19.3 Å². The van der Waals surface area contributed by atoms with Gasteiger partial charge in [0.25, 0.3) is 5.91 Å². The first-order valence-electron chi connectivity index (χ1n) is 10.6. The summed E-state index contributed by atoms with van der Waals surface area (Å²) in [6.07, 6.45) is 9.15. The molecular formula is C22H29N5O2. The van der Waals surface area contributed by atoms with Gasteiger partial charge in [-0.15, -0.1) is 0 Å². The largest absolute Gasteiger partial charge is 0.376 e. The van der Waals surface area contributed by atoms with E-state index in [0.29, 0.717) is 18.7 Å². The Hall–Kier alpha value is -2.54. The molecular weight excluding hydrogens is 366 g/mol. The van der Waals surface area contributed by atoms with Gasteiger partial charge in [0.1, 0.15) is 0 Å². The van der Waals surface area contributed by atoms with E-state index < -0.39 is 0 Å². The van der Waals surface area contributed by atoms with Gasteiger partial charge in [0, 0.05) is 38.6 Å². The van der Waals surface area contributed by atoms with Crippen LogP contribution in [0.25, 0.3) is 0 Å². The van der Waals surface area contributed by atoms with Gasteiger partial charge in [0.05, 0.1) is 29.6 Å². The molecule has 2 saturated heterocycles. The zero-order valence-corrected chi connectivity index (χ0v) is 17.1. The Labute approximate surface area is 172 Å². The second kappa shape index (κ2) is 9.31. The Kier molecular flexibility index (Phi) is 6.34. The summed E-state index contributed by atoms with van der Waals surface area (Å²) < 4.78 is 5.78. The van der Waals surface area contributed by atoms with Crippen molar-refractivity contribution in [3.05, 3.63) is 47.5 Å². The average molecular weight is 396 g/mol. The third-order valence-corrected chi connectivity index (χ3v) is 5.65. The molecule has 7 heteroatoms. The van der Waals surface area contributed by atoms with Gasteiger partial charge in [-0.1, -0.05) is 6.07 Å². The second-order valence-corrected chi connectivity index (χ2v) is 7.86. The fourth-order valence-corrected chi connectivity index (χ4v) is 4.02. The van der Waals surface area contributed by atoms with E-state index in [1.54, 1.807) is 12.4 Å². The molecule has 154 valence electrons. The van der Waals surface area contributed by atoms with Crippen LogP contribution in [0.1, 0.15) is 53.8 Å². The molecule has 0 aliphatic carbocycles. The number of ether oxygens (including phenoxy) is 1. The van der Waals surface area contributed by atoms with Crippen LogP contribution in [0.5, 0.6) is 0 Å². The number of rotatable bonds is 6. The standard InChI is InChI=1S/C22H29N5O2/c1-17-20(14-24-22(25-17)26-11-5-2-6-12-26)21(28)27(16-19-9-7-13-29-19)15-18-8-3-4-10-23-18/h3-4,8,10,14,19H,2,5-7,9,11-13,15-16H2,1H3/t19-/m0/s1. The lowest BCUT2D eigenvalue weighted by Crippen LogP contribution is -2.38. The van der Waals surface area contributed by atoms with Gasteiger partial charge < -0.3 is 14.5 Å². The molecule has 0 N–H and O–H groups in total. The lowest BCUT2D eigenvalue weighted by Gasteiger charge is -2.28. The summed E-state index contributed by atoms with van der Waals surface area (Å²) >= 11 is 0. The highest BCUT2D eigenvalue weighted by molar-refractivity contribution is 5.95. The third kappa shape index (κ3) is 4.90. The highest BCUT2D eigenvalue weighted by Gasteiger charge is 2.26. The number of aromatic nitrogens is 3. The maximum Gasteiger partial charge on any atom is 0.257 e. The van der Waals surface area contributed by atoms with Crippen molar-refractivity contribution < 1.29 is 9.53 Å². The van der Waals surface area contributed by atoms with Gasteiger partial charge >= 0.3 is 0 Å². The van der Waals surface area contributed by atoms with E-state index in [0.717, 1.165) is 49.9 Å². The lowest BCUT2D eigenvalue weighted by molar-refractivity contribution is 0.0503. The Morgan fingerprint density at radius 1 is 1.21 bits per heavy atom. The molecule has 2 aliphatic heterocycles. The maximum absolute atomic E-state index is 13.4. The Morgan fingerprint density at radius 3 is 2.76 bits per heavy atom. The van der Waals surface area contributed by atoms with E-state index >= 15 is 0 Å². The summed E-state index contributed by atoms with van der Waals surface area (Å²) in [5.74, 6) is 0.669. The lowest BCUT2D eigenvalue weighted by atomic mass is 10.1. The topological polar surface area (TPSA) is 71.5 Å². The van der Waals surface area contributed by atoms with Crippen molar-refractivity contribution in [3.63, 3.8) is 0 Å². The molecule has 0 unspecified atom stereocenters. The molecule has 1 amide bonds. The Balaban J connectivity index is 1.53. The van der Waals surface area contributed by atoms with Crippen molar-refractivity contribution in [1.29, 1.82) is 0 Å². The molecule has 4 rings (SSSR count). The molecule has 0 spiro atoms. The molecule has 0 aromatic carbocycles. The normalized spacial score (nSPS) is 19.3. The predicted octanol–water partition coefficient (Wildman–Crippen LogP) is 2.99. The summed E-state index contributed by atoms with van der Waals surface area (Å²) in [4.78, 5) is 31.0. The van der Waals surface area contributed by atoms with Crippen LogP contribution >= 0.6 is 0 Å².